The van der Waals surface area contributed by atoms with E-state index >= 15 is 0 Å². The van der Waals surface area contributed by atoms with Crippen molar-refractivity contribution in [3.63, 3.8) is 0 Å². The Morgan fingerprint density at radius 2 is 2.05 bits per heavy atom. The molecule has 110 valence electrons. The molecule has 3 nitrogen and oxygen atoms in total. The van der Waals surface area contributed by atoms with Gasteiger partial charge in [0.05, 0.1) is 0 Å². The molecule has 1 saturated heterocycles. The number of carboxylic acid groups (broad SMARTS) is 1. The van der Waals surface area contributed by atoms with E-state index in [4.69, 9.17) is 0 Å². The fraction of sp³-hybridized carbons (Fsp3) is 0.588. The van der Waals surface area contributed by atoms with E-state index in [0.717, 1.165) is 18.7 Å². The van der Waals surface area contributed by atoms with Crippen LogP contribution >= 0.6 is 0 Å². The summed E-state index contributed by atoms with van der Waals surface area (Å²) in [4.78, 5) is 14.1. The summed E-state index contributed by atoms with van der Waals surface area (Å²) < 4.78 is 0. The van der Waals surface area contributed by atoms with Gasteiger partial charge in [0, 0.05) is 13.1 Å². The molecular formula is C17H25NO2. The second-order valence-electron chi connectivity index (χ2n) is 6.53. The molecule has 0 bridgehead atoms. The summed E-state index contributed by atoms with van der Waals surface area (Å²) in [5.41, 5.74) is 0.0631. The Morgan fingerprint density at radius 3 is 2.55 bits per heavy atom. The van der Waals surface area contributed by atoms with Gasteiger partial charge in [-0.05, 0) is 37.3 Å². The predicted molar refractivity (Wildman–Crippen MR) is 80.8 cm³/mol. The zero-order valence-corrected chi connectivity index (χ0v) is 12.7. The smallest absolute Gasteiger partial charge is 0.315 e. The van der Waals surface area contributed by atoms with Crippen LogP contribution in [0.4, 0.5) is 0 Å². The van der Waals surface area contributed by atoms with E-state index in [-0.39, 0.29) is 0 Å². The maximum atomic E-state index is 11.8. The molecule has 20 heavy (non-hydrogen) atoms. The van der Waals surface area contributed by atoms with E-state index in [0.29, 0.717) is 18.4 Å². The molecule has 0 radical (unpaired) electrons. The molecule has 3 heteroatoms. The van der Waals surface area contributed by atoms with Crippen LogP contribution in [-0.2, 0) is 10.2 Å². The van der Waals surface area contributed by atoms with E-state index in [9.17, 15) is 9.90 Å². The summed E-state index contributed by atoms with van der Waals surface area (Å²) in [5, 5.41) is 9.69. The van der Waals surface area contributed by atoms with E-state index in [1.54, 1.807) is 0 Å². The lowest BCUT2D eigenvalue weighted by molar-refractivity contribution is -0.143. The van der Waals surface area contributed by atoms with Crippen molar-refractivity contribution in [2.24, 2.45) is 11.8 Å². The average Bonchev–Trinajstić information content (AvgIpc) is 2.88. The molecule has 1 N–H and O–H groups in total. The molecule has 1 aromatic carbocycles. The number of carboxylic acids is 1. The minimum Gasteiger partial charge on any atom is -0.481 e. The van der Waals surface area contributed by atoms with Crippen molar-refractivity contribution in [1.29, 1.82) is 0 Å². The van der Waals surface area contributed by atoms with Crippen LogP contribution in [0.15, 0.2) is 30.3 Å². The molecule has 0 saturated carbocycles. The van der Waals surface area contributed by atoms with Gasteiger partial charge in [-0.1, -0.05) is 44.2 Å². The third kappa shape index (κ3) is 3.04. The van der Waals surface area contributed by atoms with E-state index < -0.39 is 11.4 Å². The standard InChI is InChI=1S/C17H25NO2/c1-13(2)14-9-10-18(11-14)12-17(3,16(19)20)15-7-5-4-6-8-15/h4-8,13-14H,9-12H2,1-3H3,(H,19,20). The van der Waals surface area contributed by atoms with Crippen molar-refractivity contribution in [3.8, 4) is 0 Å². The lowest BCUT2D eigenvalue weighted by atomic mass is 9.82. The Balaban J connectivity index is 2.13. The first kappa shape index (κ1) is 15.0. The van der Waals surface area contributed by atoms with Gasteiger partial charge < -0.3 is 10.0 Å². The number of rotatable bonds is 5. The summed E-state index contributed by atoms with van der Waals surface area (Å²) in [6.07, 6.45) is 1.18. The SMILES string of the molecule is CC(C)C1CCN(CC(C)(C(=O)O)c2ccccc2)C1. The third-order valence-corrected chi connectivity index (χ3v) is 4.67. The molecule has 1 aliphatic rings. The normalized spacial score (nSPS) is 22.9. The topological polar surface area (TPSA) is 40.5 Å². The number of aliphatic carboxylic acids is 1. The van der Waals surface area contributed by atoms with Crippen LogP contribution in [0, 0.1) is 11.8 Å². The summed E-state index contributed by atoms with van der Waals surface area (Å²) >= 11 is 0. The molecular weight excluding hydrogens is 250 g/mol. The Morgan fingerprint density at radius 1 is 1.40 bits per heavy atom. The number of hydrogen-bond donors (Lipinski definition) is 1. The van der Waals surface area contributed by atoms with Gasteiger partial charge in [-0.25, -0.2) is 0 Å². The quantitative estimate of drug-likeness (QED) is 0.898. The third-order valence-electron chi connectivity index (χ3n) is 4.67. The number of likely N-dealkylation sites (tertiary alicyclic amines) is 1. The van der Waals surface area contributed by atoms with Crippen LogP contribution in [0.2, 0.25) is 0 Å². The second kappa shape index (κ2) is 5.96. The zero-order chi connectivity index (χ0) is 14.8. The Labute approximate surface area is 121 Å². The highest BCUT2D eigenvalue weighted by molar-refractivity contribution is 5.81. The lowest BCUT2D eigenvalue weighted by Crippen LogP contribution is -2.44. The highest BCUT2D eigenvalue weighted by Crippen LogP contribution is 2.30. The van der Waals surface area contributed by atoms with Gasteiger partial charge in [0.2, 0.25) is 0 Å². The van der Waals surface area contributed by atoms with Crippen LogP contribution in [0.25, 0.3) is 0 Å². The predicted octanol–water partition coefficient (Wildman–Crippen LogP) is 3.01. The first-order chi connectivity index (χ1) is 9.43. The molecule has 2 unspecified atom stereocenters. The molecule has 0 spiro atoms. The lowest BCUT2D eigenvalue weighted by Gasteiger charge is -2.30. The molecule has 0 aromatic heterocycles. The Hall–Kier alpha value is -1.35. The van der Waals surface area contributed by atoms with Gasteiger partial charge in [0.25, 0.3) is 0 Å². The van der Waals surface area contributed by atoms with Gasteiger partial charge in [-0.3, -0.25) is 4.79 Å². The van der Waals surface area contributed by atoms with Crippen LogP contribution in [0.3, 0.4) is 0 Å². The van der Waals surface area contributed by atoms with Crippen molar-refractivity contribution < 1.29 is 9.90 Å². The van der Waals surface area contributed by atoms with Gasteiger partial charge in [0.1, 0.15) is 5.41 Å². The summed E-state index contributed by atoms with van der Waals surface area (Å²) in [5.74, 6) is 0.633. The highest BCUT2D eigenvalue weighted by atomic mass is 16.4. The van der Waals surface area contributed by atoms with E-state index in [2.05, 4.69) is 18.7 Å². The maximum absolute atomic E-state index is 11.8. The first-order valence-corrected chi connectivity index (χ1v) is 7.45. The zero-order valence-electron chi connectivity index (χ0n) is 12.7. The number of carbonyl (C=O) groups is 1. The largest absolute Gasteiger partial charge is 0.481 e. The van der Waals surface area contributed by atoms with Crippen LogP contribution in [-0.4, -0.2) is 35.6 Å². The fourth-order valence-electron chi connectivity index (χ4n) is 3.09. The van der Waals surface area contributed by atoms with Crippen LogP contribution in [0.1, 0.15) is 32.8 Å². The number of hydrogen-bond acceptors (Lipinski definition) is 2. The molecule has 1 fully saturated rings. The molecule has 0 amide bonds. The van der Waals surface area contributed by atoms with Crippen molar-refractivity contribution in [1.82, 2.24) is 4.90 Å². The molecule has 1 aliphatic heterocycles. The van der Waals surface area contributed by atoms with Gasteiger partial charge in [0.15, 0.2) is 0 Å². The summed E-state index contributed by atoms with van der Waals surface area (Å²) in [7, 11) is 0. The van der Waals surface area contributed by atoms with E-state index in [1.807, 2.05) is 37.3 Å². The Kier molecular flexibility index (Phi) is 4.48. The van der Waals surface area contributed by atoms with Gasteiger partial charge >= 0.3 is 5.97 Å². The van der Waals surface area contributed by atoms with Crippen LogP contribution in [0.5, 0.6) is 0 Å². The van der Waals surface area contributed by atoms with Gasteiger partial charge in [-0.2, -0.15) is 0 Å². The summed E-state index contributed by atoms with van der Waals surface area (Å²) in [6.45, 7) is 8.97. The number of benzene rings is 1. The van der Waals surface area contributed by atoms with E-state index in [1.165, 1.54) is 6.42 Å². The second-order valence-corrected chi connectivity index (χ2v) is 6.53. The molecule has 1 heterocycles. The molecule has 2 atom stereocenters. The summed E-state index contributed by atoms with van der Waals surface area (Å²) in [6, 6.07) is 9.60. The Bertz CT molecular complexity index is 457. The van der Waals surface area contributed by atoms with Crippen molar-refractivity contribution >= 4 is 5.97 Å². The average molecular weight is 275 g/mol. The molecule has 2 rings (SSSR count). The molecule has 0 aliphatic carbocycles. The molecule has 1 aromatic rings. The van der Waals surface area contributed by atoms with Crippen molar-refractivity contribution in [2.75, 3.05) is 19.6 Å². The van der Waals surface area contributed by atoms with Crippen molar-refractivity contribution in [2.45, 2.75) is 32.6 Å². The monoisotopic (exact) mass is 275 g/mol. The van der Waals surface area contributed by atoms with Crippen molar-refractivity contribution in [3.05, 3.63) is 35.9 Å². The minimum absolute atomic E-state index is 0.593. The minimum atomic E-state index is -0.826. The maximum Gasteiger partial charge on any atom is 0.315 e. The number of nitrogens with zero attached hydrogens (tertiary/aromatic N) is 1. The van der Waals surface area contributed by atoms with Gasteiger partial charge in [-0.15, -0.1) is 0 Å². The fourth-order valence-corrected chi connectivity index (χ4v) is 3.09. The highest BCUT2D eigenvalue weighted by Gasteiger charge is 2.39. The van der Waals surface area contributed by atoms with Crippen LogP contribution < -0.4 is 0 Å². The first-order valence-electron chi connectivity index (χ1n) is 7.45.